The summed E-state index contributed by atoms with van der Waals surface area (Å²) in [5, 5.41) is 18.7. The molecule has 3 N–H and O–H groups in total. The molecule has 1 saturated heterocycles. The number of aliphatic hydroxyl groups excluding tert-OH is 2. The van der Waals surface area contributed by atoms with E-state index in [9.17, 15) is 19.5 Å². The first kappa shape index (κ1) is 15.4. The molecule has 1 aromatic rings. The van der Waals surface area contributed by atoms with Gasteiger partial charge in [-0.1, -0.05) is 0 Å². The van der Waals surface area contributed by atoms with E-state index in [1.807, 2.05) is 4.98 Å². The number of nitrogens with one attached hydrogen (secondary N) is 1. The van der Waals surface area contributed by atoms with Crippen LogP contribution in [-0.4, -0.2) is 51.2 Å². The Morgan fingerprint density at radius 3 is 2.86 bits per heavy atom. The lowest BCUT2D eigenvalue weighted by Gasteiger charge is -2.15. The zero-order valence-corrected chi connectivity index (χ0v) is 11.3. The first-order valence-corrected chi connectivity index (χ1v) is 6.44. The monoisotopic (exact) mass is 300 g/mol. The summed E-state index contributed by atoms with van der Waals surface area (Å²) in [5.74, 6) is -0.857. The number of esters is 1. The molecule has 0 saturated carbocycles. The van der Waals surface area contributed by atoms with Gasteiger partial charge in [-0.15, -0.1) is 0 Å². The molecule has 1 fully saturated rings. The number of aromatic amines is 1. The highest BCUT2D eigenvalue weighted by Gasteiger charge is 2.35. The normalized spacial score (nSPS) is 25.0. The molecule has 116 valence electrons. The smallest absolute Gasteiger partial charge is 0.345 e. The van der Waals surface area contributed by atoms with E-state index >= 15 is 0 Å². The fraction of sp³-hybridized carbons (Fsp3) is 0.583. The molecular formula is C12H16N2O7. The van der Waals surface area contributed by atoms with Gasteiger partial charge in [-0.05, 0) is 6.92 Å². The molecule has 9 heteroatoms. The summed E-state index contributed by atoms with van der Waals surface area (Å²) in [6.45, 7) is 1.27. The van der Waals surface area contributed by atoms with Crippen LogP contribution in [0, 0.1) is 0 Å². The van der Waals surface area contributed by atoms with Crippen molar-refractivity contribution >= 4 is 5.97 Å². The van der Waals surface area contributed by atoms with Gasteiger partial charge < -0.3 is 19.7 Å². The molecule has 0 amide bonds. The Hall–Kier alpha value is -1.97. The first-order valence-electron chi connectivity index (χ1n) is 6.44. The number of carbonyl (C=O) groups excluding carboxylic acids is 1. The minimum absolute atomic E-state index is 0.0550. The number of H-pyrrole nitrogens is 1. The van der Waals surface area contributed by atoms with E-state index < -0.39 is 42.3 Å². The van der Waals surface area contributed by atoms with Crippen LogP contribution >= 0.6 is 0 Å². The van der Waals surface area contributed by atoms with Gasteiger partial charge in [0.15, 0.2) is 0 Å². The Labute approximate surface area is 118 Å². The van der Waals surface area contributed by atoms with Crippen molar-refractivity contribution in [3.05, 3.63) is 32.6 Å². The number of nitrogens with zero attached hydrogens (tertiary/aromatic N) is 1. The van der Waals surface area contributed by atoms with Crippen molar-refractivity contribution in [2.24, 2.45) is 0 Å². The number of rotatable bonds is 4. The third-order valence-corrected chi connectivity index (χ3v) is 3.16. The summed E-state index contributed by atoms with van der Waals surface area (Å²) in [4.78, 5) is 37.0. The molecule has 0 spiro atoms. The molecule has 3 atom stereocenters. The van der Waals surface area contributed by atoms with Gasteiger partial charge >= 0.3 is 11.7 Å². The second-order valence-electron chi connectivity index (χ2n) is 4.54. The van der Waals surface area contributed by atoms with E-state index in [4.69, 9.17) is 14.6 Å². The zero-order valence-electron chi connectivity index (χ0n) is 11.3. The maximum atomic E-state index is 11.8. The Bertz CT molecular complexity index is 635. The van der Waals surface area contributed by atoms with Crippen LogP contribution in [-0.2, 0) is 9.47 Å². The average Bonchev–Trinajstić information content (AvgIpc) is 2.80. The molecule has 1 aromatic heterocycles. The van der Waals surface area contributed by atoms with Gasteiger partial charge in [0.1, 0.15) is 17.9 Å². The third-order valence-electron chi connectivity index (χ3n) is 3.16. The largest absolute Gasteiger partial charge is 0.462 e. The molecule has 0 unspecified atom stereocenters. The number of hydrogen-bond acceptors (Lipinski definition) is 7. The highest BCUT2D eigenvalue weighted by molar-refractivity contribution is 5.88. The Kier molecular flexibility index (Phi) is 4.56. The zero-order chi connectivity index (χ0) is 15.6. The molecule has 1 aliphatic rings. The van der Waals surface area contributed by atoms with Crippen LogP contribution in [0.1, 0.15) is 29.9 Å². The second-order valence-corrected chi connectivity index (χ2v) is 4.54. The predicted octanol–water partition coefficient (Wildman–Crippen LogP) is -1.65. The summed E-state index contributed by atoms with van der Waals surface area (Å²) in [7, 11) is 0. The van der Waals surface area contributed by atoms with E-state index in [1.165, 1.54) is 0 Å². The van der Waals surface area contributed by atoms with Crippen LogP contribution < -0.4 is 11.2 Å². The standard InChI is InChI=1S/C12H16N2O7/c1-2-20-11(18)6-4-14(12(19)13-10(6)17)9-3-7(16)8(5-15)21-9/h4,7-9,15-16H,2-3,5H2,1H3,(H,13,17,19)/t7-,8+,9-/m1/s1. The molecule has 2 heterocycles. The molecule has 1 aliphatic heterocycles. The Morgan fingerprint density at radius 2 is 2.29 bits per heavy atom. The highest BCUT2D eigenvalue weighted by Crippen LogP contribution is 2.27. The van der Waals surface area contributed by atoms with E-state index in [0.29, 0.717) is 0 Å². The molecule has 0 aromatic carbocycles. The van der Waals surface area contributed by atoms with Crippen molar-refractivity contribution in [3.8, 4) is 0 Å². The molecule has 0 radical (unpaired) electrons. The lowest BCUT2D eigenvalue weighted by Crippen LogP contribution is -2.36. The van der Waals surface area contributed by atoms with Crippen LogP contribution in [0.4, 0.5) is 0 Å². The van der Waals surface area contributed by atoms with Gasteiger partial charge in [0.25, 0.3) is 5.56 Å². The topological polar surface area (TPSA) is 131 Å². The van der Waals surface area contributed by atoms with Crippen LogP contribution in [0.2, 0.25) is 0 Å². The summed E-state index contributed by atoms with van der Waals surface area (Å²) >= 11 is 0. The van der Waals surface area contributed by atoms with Crippen molar-refractivity contribution in [2.75, 3.05) is 13.2 Å². The molecule has 9 nitrogen and oxygen atoms in total. The minimum Gasteiger partial charge on any atom is -0.462 e. The predicted molar refractivity (Wildman–Crippen MR) is 68.9 cm³/mol. The maximum absolute atomic E-state index is 11.8. The third kappa shape index (κ3) is 3.04. The van der Waals surface area contributed by atoms with Crippen molar-refractivity contribution in [2.45, 2.75) is 31.8 Å². The lowest BCUT2D eigenvalue weighted by molar-refractivity contribution is -0.0460. The Morgan fingerprint density at radius 1 is 1.57 bits per heavy atom. The number of ether oxygens (including phenoxy) is 2. The fourth-order valence-electron chi connectivity index (χ4n) is 2.10. The SMILES string of the molecule is CCOC(=O)c1cn([C@H]2C[C@@H](O)[C@H](CO)O2)c(=O)[nH]c1=O. The minimum atomic E-state index is -0.940. The van der Waals surface area contributed by atoms with Gasteiger partial charge in [0, 0.05) is 12.6 Å². The van der Waals surface area contributed by atoms with E-state index in [0.717, 1.165) is 10.8 Å². The van der Waals surface area contributed by atoms with Gasteiger partial charge in [-0.25, -0.2) is 9.59 Å². The van der Waals surface area contributed by atoms with Crippen LogP contribution in [0.3, 0.4) is 0 Å². The van der Waals surface area contributed by atoms with E-state index in [-0.39, 0.29) is 18.6 Å². The molecular weight excluding hydrogens is 284 g/mol. The van der Waals surface area contributed by atoms with Gasteiger partial charge in [-0.3, -0.25) is 14.3 Å². The second kappa shape index (κ2) is 6.20. The Balaban J connectivity index is 2.37. The van der Waals surface area contributed by atoms with E-state index in [1.54, 1.807) is 6.92 Å². The van der Waals surface area contributed by atoms with Crippen molar-refractivity contribution < 1.29 is 24.5 Å². The number of aliphatic hydroxyl groups is 2. The summed E-state index contributed by atoms with van der Waals surface area (Å²) in [5.41, 5.74) is -1.96. The molecule has 0 aliphatic carbocycles. The highest BCUT2D eigenvalue weighted by atomic mass is 16.5. The van der Waals surface area contributed by atoms with Crippen LogP contribution in [0.5, 0.6) is 0 Å². The van der Waals surface area contributed by atoms with Crippen LogP contribution in [0.15, 0.2) is 15.8 Å². The molecule has 2 rings (SSSR count). The van der Waals surface area contributed by atoms with E-state index in [2.05, 4.69) is 0 Å². The number of aromatic nitrogens is 2. The van der Waals surface area contributed by atoms with Crippen molar-refractivity contribution in [3.63, 3.8) is 0 Å². The van der Waals surface area contributed by atoms with Crippen molar-refractivity contribution in [1.82, 2.24) is 9.55 Å². The number of hydrogen-bond donors (Lipinski definition) is 3. The van der Waals surface area contributed by atoms with Gasteiger partial charge in [0.2, 0.25) is 0 Å². The summed E-state index contributed by atoms with van der Waals surface area (Å²) in [6.07, 6.45) is -1.55. The first-order chi connectivity index (χ1) is 9.97. The van der Waals surface area contributed by atoms with Gasteiger partial charge in [0.05, 0.1) is 19.3 Å². The molecule has 21 heavy (non-hydrogen) atoms. The quantitative estimate of drug-likeness (QED) is 0.568. The average molecular weight is 300 g/mol. The maximum Gasteiger partial charge on any atom is 0.345 e. The fourth-order valence-corrected chi connectivity index (χ4v) is 2.10. The van der Waals surface area contributed by atoms with Crippen LogP contribution in [0.25, 0.3) is 0 Å². The number of carbonyl (C=O) groups is 1. The van der Waals surface area contributed by atoms with Crippen molar-refractivity contribution in [1.29, 1.82) is 0 Å². The lowest BCUT2D eigenvalue weighted by atomic mass is 10.2. The summed E-state index contributed by atoms with van der Waals surface area (Å²) in [6, 6.07) is 0. The molecule has 0 bridgehead atoms. The summed E-state index contributed by atoms with van der Waals surface area (Å²) < 4.78 is 11.0. The van der Waals surface area contributed by atoms with Gasteiger partial charge in [-0.2, -0.15) is 0 Å².